The molecule has 2 aliphatic rings. The van der Waals surface area contributed by atoms with Crippen molar-refractivity contribution in [1.29, 1.82) is 0 Å². The number of nitrogens with zero attached hydrogens (tertiary/aromatic N) is 6. The third-order valence-electron chi connectivity index (χ3n) is 5.42. The van der Waals surface area contributed by atoms with Crippen molar-refractivity contribution in [2.24, 2.45) is 5.92 Å². The molecular weight excluding hydrogens is 348 g/mol. The van der Waals surface area contributed by atoms with Crippen LogP contribution in [0.25, 0.3) is 5.65 Å². The van der Waals surface area contributed by atoms with Crippen molar-refractivity contribution in [3.8, 4) is 0 Å². The topological polar surface area (TPSA) is 85.1 Å². The van der Waals surface area contributed by atoms with Crippen LogP contribution in [0.1, 0.15) is 19.3 Å². The highest BCUT2D eigenvalue weighted by molar-refractivity contribution is 5.76. The van der Waals surface area contributed by atoms with Crippen LogP contribution in [0.2, 0.25) is 0 Å². The van der Waals surface area contributed by atoms with Crippen molar-refractivity contribution in [2.45, 2.75) is 24.9 Å². The van der Waals surface area contributed by atoms with Crippen molar-refractivity contribution < 1.29 is 14.3 Å². The molecule has 0 saturated carbocycles. The number of likely N-dealkylation sites (N-methyl/N-ethyl adjacent to an activating group) is 1. The fraction of sp³-hybridized carbons (Fsp3) is 0.667. The average molecular weight is 374 g/mol. The molecule has 2 aromatic heterocycles. The predicted octanol–water partition coefficient (Wildman–Crippen LogP) is 0.605. The SMILES string of the molecule is CN(C)C(=O)COCC[C@@H]1CCOC2(C1)CN(c1ccc3nncn3n1)C2. The van der Waals surface area contributed by atoms with Crippen LogP contribution in [0.5, 0.6) is 0 Å². The number of aromatic nitrogens is 4. The molecule has 2 saturated heterocycles. The maximum atomic E-state index is 11.5. The standard InChI is InChI=1S/C18H26N6O3/c1-22(2)17(25)10-26-7-5-14-6-8-27-18(9-14)11-23(12-18)16-4-3-15-20-19-13-24(15)21-16/h3-4,13-14H,5-12H2,1-2H3/t14-/m1/s1. The van der Waals surface area contributed by atoms with Crippen LogP contribution >= 0.6 is 0 Å². The summed E-state index contributed by atoms with van der Waals surface area (Å²) in [5, 5.41) is 12.4. The molecule has 0 aliphatic carbocycles. The van der Waals surface area contributed by atoms with Crippen LogP contribution in [-0.2, 0) is 14.3 Å². The molecule has 2 fully saturated rings. The number of hydrogen-bond acceptors (Lipinski definition) is 7. The summed E-state index contributed by atoms with van der Waals surface area (Å²) in [7, 11) is 3.48. The minimum atomic E-state index is -0.0772. The summed E-state index contributed by atoms with van der Waals surface area (Å²) in [6.07, 6.45) is 4.67. The second kappa shape index (κ2) is 7.40. The molecule has 146 valence electrons. The van der Waals surface area contributed by atoms with E-state index in [0.717, 1.165) is 50.4 Å². The van der Waals surface area contributed by atoms with Gasteiger partial charge in [0.2, 0.25) is 5.91 Å². The van der Waals surface area contributed by atoms with Gasteiger partial charge < -0.3 is 19.3 Å². The first kappa shape index (κ1) is 18.1. The van der Waals surface area contributed by atoms with Gasteiger partial charge in [0.1, 0.15) is 24.4 Å². The number of carbonyl (C=O) groups is 1. The van der Waals surface area contributed by atoms with Gasteiger partial charge in [-0.05, 0) is 37.3 Å². The highest BCUT2D eigenvalue weighted by Crippen LogP contribution is 2.39. The smallest absolute Gasteiger partial charge is 0.248 e. The largest absolute Gasteiger partial charge is 0.372 e. The minimum absolute atomic E-state index is 0.00523. The van der Waals surface area contributed by atoms with Gasteiger partial charge in [0, 0.05) is 27.3 Å². The minimum Gasteiger partial charge on any atom is -0.372 e. The Kier molecular flexibility index (Phi) is 4.96. The number of anilines is 1. The zero-order valence-corrected chi connectivity index (χ0v) is 15.9. The number of amides is 1. The molecule has 2 aliphatic heterocycles. The molecule has 4 heterocycles. The first-order valence-electron chi connectivity index (χ1n) is 9.39. The summed E-state index contributed by atoms with van der Waals surface area (Å²) < 4.78 is 13.4. The fourth-order valence-corrected chi connectivity index (χ4v) is 3.83. The van der Waals surface area contributed by atoms with E-state index >= 15 is 0 Å². The van der Waals surface area contributed by atoms with E-state index in [4.69, 9.17) is 9.47 Å². The van der Waals surface area contributed by atoms with Gasteiger partial charge in [-0.15, -0.1) is 15.3 Å². The molecule has 4 rings (SSSR count). The van der Waals surface area contributed by atoms with E-state index in [1.165, 1.54) is 0 Å². The molecule has 27 heavy (non-hydrogen) atoms. The van der Waals surface area contributed by atoms with Gasteiger partial charge in [-0.3, -0.25) is 4.79 Å². The molecule has 9 nitrogen and oxygen atoms in total. The Balaban J connectivity index is 1.26. The van der Waals surface area contributed by atoms with Crippen molar-refractivity contribution in [3.05, 3.63) is 18.5 Å². The van der Waals surface area contributed by atoms with E-state index in [-0.39, 0.29) is 18.1 Å². The Hall–Kier alpha value is -2.26. The molecular formula is C18H26N6O3. The lowest BCUT2D eigenvalue weighted by molar-refractivity contribution is -0.134. The monoisotopic (exact) mass is 374 g/mol. The lowest BCUT2D eigenvalue weighted by atomic mass is 9.79. The highest BCUT2D eigenvalue weighted by Gasteiger charge is 2.48. The fourth-order valence-electron chi connectivity index (χ4n) is 3.83. The lowest BCUT2D eigenvalue weighted by Crippen LogP contribution is -2.65. The number of ether oxygens (including phenoxy) is 2. The van der Waals surface area contributed by atoms with Gasteiger partial charge >= 0.3 is 0 Å². The van der Waals surface area contributed by atoms with Crippen molar-refractivity contribution in [1.82, 2.24) is 24.7 Å². The Bertz CT molecular complexity index is 801. The molecule has 0 aromatic carbocycles. The average Bonchev–Trinajstić information content (AvgIpc) is 3.10. The van der Waals surface area contributed by atoms with Gasteiger partial charge in [-0.25, -0.2) is 0 Å². The van der Waals surface area contributed by atoms with Crippen LogP contribution in [0.4, 0.5) is 5.82 Å². The number of carbonyl (C=O) groups excluding carboxylic acids is 1. The summed E-state index contributed by atoms with van der Waals surface area (Å²) in [6, 6.07) is 3.91. The van der Waals surface area contributed by atoms with E-state index in [9.17, 15) is 4.79 Å². The molecule has 0 N–H and O–H groups in total. The second-order valence-electron chi connectivity index (χ2n) is 7.70. The second-order valence-corrected chi connectivity index (χ2v) is 7.70. The molecule has 1 amide bonds. The molecule has 0 bridgehead atoms. The third-order valence-corrected chi connectivity index (χ3v) is 5.42. The summed E-state index contributed by atoms with van der Waals surface area (Å²) >= 11 is 0. The normalized spacial score (nSPS) is 21.4. The Morgan fingerprint density at radius 3 is 3.07 bits per heavy atom. The van der Waals surface area contributed by atoms with Crippen molar-refractivity contribution >= 4 is 17.4 Å². The summed E-state index contributed by atoms with van der Waals surface area (Å²) in [5.74, 6) is 1.50. The van der Waals surface area contributed by atoms with Gasteiger partial charge in [0.05, 0.1) is 13.1 Å². The maximum absolute atomic E-state index is 11.5. The molecule has 1 spiro atoms. The molecule has 9 heteroatoms. The van der Waals surface area contributed by atoms with E-state index in [1.807, 2.05) is 12.1 Å². The predicted molar refractivity (Wildman–Crippen MR) is 98.5 cm³/mol. The maximum Gasteiger partial charge on any atom is 0.248 e. The molecule has 2 aromatic rings. The van der Waals surface area contributed by atoms with Gasteiger partial charge in [-0.2, -0.15) is 4.52 Å². The summed E-state index contributed by atoms with van der Waals surface area (Å²) in [5.41, 5.74) is 0.669. The Morgan fingerprint density at radius 1 is 1.41 bits per heavy atom. The quantitative estimate of drug-likeness (QED) is 0.685. The molecule has 1 atom stereocenters. The number of hydrogen-bond donors (Lipinski definition) is 0. The zero-order valence-electron chi connectivity index (χ0n) is 15.9. The molecule has 0 radical (unpaired) electrons. The van der Waals surface area contributed by atoms with E-state index in [1.54, 1.807) is 29.8 Å². The van der Waals surface area contributed by atoms with E-state index in [0.29, 0.717) is 12.5 Å². The Labute approximate surface area is 158 Å². The van der Waals surface area contributed by atoms with Crippen LogP contribution in [0.15, 0.2) is 18.5 Å². The van der Waals surface area contributed by atoms with E-state index in [2.05, 4.69) is 20.2 Å². The van der Waals surface area contributed by atoms with Crippen LogP contribution in [0, 0.1) is 5.92 Å². The van der Waals surface area contributed by atoms with Gasteiger partial charge in [0.15, 0.2) is 5.65 Å². The van der Waals surface area contributed by atoms with Crippen LogP contribution in [-0.4, -0.2) is 83.2 Å². The zero-order chi connectivity index (χ0) is 18.9. The number of rotatable bonds is 6. The van der Waals surface area contributed by atoms with E-state index < -0.39 is 0 Å². The van der Waals surface area contributed by atoms with Gasteiger partial charge in [-0.1, -0.05) is 0 Å². The lowest BCUT2D eigenvalue weighted by Gasteiger charge is -2.53. The first-order chi connectivity index (χ1) is 13.0. The van der Waals surface area contributed by atoms with Crippen LogP contribution < -0.4 is 4.90 Å². The third kappa shape index (κ3) is 3.89. The van der Waals surface area contributed by atoms with Crippen molar-refractivity contribution in [2.75, 3.05) is 51.9 Å². The number of fused-ring (bicyclic) bond motifs is 1. The highest BCUT2D eigenvalue weighted by atomic mass is 16.5. The Morgan fingerprint density at radius 2 is 2.26 bits per heavy atom. The van der Waals surface area contributed by atoms with Gasteiger partial charge in [0.25, 0.3) is 0 Å². The summed E-state index contributed by atoms with van der Waals surface area (Å²) in [6.45, 7) is 3.27. The van der Waals surface area contributed by atoms with Crippen molar-refractivity contribution in [3.63, 3.8) is 0 Å². The molecule has 0 unspecified atom stereocenters. The summed E-state index contributed by atoms with van der Waals surface area (Å²) in [4.78, 5) is 15.3. The van der Waals surface area contributed by atoms with Crippen LogP contribution in [0.3, 0.4) is 0 Å². The first-order valence-corrected chi connectivity index (χ1v) is 9.39.